The van der Waals surface area contributed by atoms with Crippen LogP contribution in [0.3, 0.4) is 0 Å². The van der Waals surface area contributed by atoms with Gasteiger partial charge in [0.2, 0.25) is 0 Å². The van der Waals surface area contributed by atoms with Gasteiger partial charge in [-0.2, -0.15) is 0 Å². The van der Waals surface area contributed by atoms with Crippen LogP contribution >= 0.6 is 0 Å². The number of hydrogen-bond donors (Lipinski definition) is 0. The molecule has 21 heavy (non-hydrogen) atoms. The molecular weight excluding hydrogens is 272 g/mol. The molecule has 0 aromatic rings. The minimum Gasteiger partial charge on any atom is -0.269 e. The summed E-state index contributed by atoms with van der Waals surface area (Å²) in [6.07, 6.45) is 11.2. The van der Waals surface area contributed by atoms with Crippen molar-refractivity contribution in [3.05, 3.63) is 48.6 Å². The maximum Gasteiger partial charge on any atom is 0.255 e. The van der Waals surface area contributed by atoms with Crippen LogP contribution in [0.1, 0.15) is 6.92 Å². The summed E-state index contributed by atoms with van der Waals surface area (Å²) >= 11 is 0. The zero-order valence-corrected chi connectivity index (χ0v) is 11.2. The van der Waals surface area contributed by atoms with E-state index < -0.39 is 35.2 Å². The number of rotatable bonds is 2. The van der Waals surface area contributed by atoms with Crippen molar-refractivity contribution in [2.75, 3.05) is 0 Å². The van der Waals surface area contributed by atoms with Crippen molar-refractivity contribution in [1.29, 1.82) is 0 Å². The van der Waals surface area contributed by atoms with Gasteiger partial charge < -0.3 is 0 Å². The second kappa shape index (κ2) is 4.37. The largest absolute Gasteiger partial charge is 0.269 e. The molecule has 0 bridgehead atoms. The fourth-order valence-electron chi connectivity index (χ4n) is 2.88. The number of carbonyl (C=O) groups excluding carboxylic acids is 4. The second-order valence-electron chi connectivity index (χ2n) is 5.01. The molecule has 0 N–H and O–H groups in total. The van der Waals surface area contributed by atoms with Gasteiger partial charge in [-0.05, 0) is 6.08 Å². The Bertz CT molecular complexity index is 606. The molecule has 0 aromatic heterocycles. The zero-order valence-electron chi connectivity index (χ0n) is 11.2. The quantitative estimate of drug-likeness (QED) is 0.683. The first-order valence-corrected chi connectivity index (χ1v) is 6.47. The van der Waals surface area contributed by atoms with Crippen molar-refractivity contribution in [3.63, 3.8) is 0 Å². The second-order valence-corrected chi connectivity index (χ2v) is 5.01. The van der Waals surface area contributed by atoms with Crippen LogP contribution < -0.4 is 0 Å². The van der Waals surface area contributed by atoms with Crippen LogP contribution in [0, 0.1) is 5.92 Å². The Morgan fingerprint density at radius 2 is 1.24 bits per heavy atom. The predicted octanol–water partition coefficient (Wildman–Crippen LogP) is 0.295. The molecule has 1 aliphatic carbocycles. The molecule has 1 atom stereocenters. The SMILES string of the molecule is CC1C=CC=CC1(N1C(=O)C=CC1=O)N1C(=O)C=CC1=O. The third-order valence-corrected chi connectivity index (χ3v) is 3.86. The van der Waals surface area contributed by atoms with E-state index in [-0.39, 0.29) is 0 Å². The summed E-state index contributed by atoms with van der Waals surface area (Å²) in [5.41, 5.74) is -1.44. The van der Waals surface area contributed by atoms with Crippen LogP contribution in [-0.2, 0) is 19.2 Å². The third-order valence-electron chi connectivity index (χ3n) is 3.86. The van der Waals surface area contributed by atoms with Gasteiger partial charge in [-0.15, -0.1) is 0 Å². The van der Waals surface area contributed by atoms with E-state index in [1.54, 1.807) is 31.2 Å². The molecule has 3 rings (SSSR count). The maximum absolute atomic E-state index is 12.1. The first-order chi connectivity index (χ1) is 9.98. The molecule has 2 aliphatic heterocycles. The Hall–Kier alpha value is -2.76. The van der Waals surface area contributed by atoms with E-state index in [2.05, 4.69) is 0 Å². The van der Waals surface area contributed by atoms with Gasteiger partial charge in [-0.1, -0.05) is 25.2 Å². The standard InChI is InChI=1S/C15H12N2O4/c1-10-4-2-3-9-15(10,16-11(18)5-6-12(16)19)17-13(20)7-8-14(17)21/h2-10H,1H3. The van der Waals surface area contributed by atoms with E-state index in [9.17, 15) is 19.2 Å². The highest BCUT2D eigenvalue weighted by Gasteiger charge is 2.54. The number of carbonyl (C=O) groups is 4. The minimum atomic E-state index is -1.44. The summed E-state index contributed by atoms with van der Waals surface area (Å²) in [5.74, 6) is -2.58. The van der Waals surface area contributed by atoms with Crippen molar-refractivity contribution in [2.45, 2.75) is 12.6 Å². The lowest BCUT2D eigenvalue weighted by atomic mass is 9.86. The molecule has 0 aromatic carbocycles. The van der Waals surface area contributed by atoms with Crippen LogP contribution in [0.4, 0.5) is 0 Å². The molecule has 0 saturated heterocycles. The fourth-order valence-corrected chi connectivity index (χ4v) is 2.88. The van der Waals surface area contributed by atoms with Crippen LogP contribution in [0.25, 0.3) is 0 Å². The number of amides is 4. The molecule has 0 saturated carbocycles. The van der Waals surface area contributed by atoms with Crippen molar-refractivity contribution < 1.29 is 19.2 Å². The highest BCUT2D eigenvalue weighted by molar-refractivity contribution is 6.17. The summed E-state index contributed by atoms with van der Waals surface area (Å²) < 4.78 is 0. The van der Waals surface area contributed by atoms with Crippen molar-refractivity contribution >= 4 is 23.6 Å². The van der Waals surface area contributed by atoms with E-state index in [0.717, 1.165) is 34.1 Å². The molecule has 2 heterocycles. The summed E-state index contributed by atoms with van der Waals surface area (Å²) in [4.78, 5) is 50.3. The summed E-state index contributed by atoms with van der Waals surface area (Å²) in [5, 5.41) is 0. The van der Waals surface area contributed by atoms with Gasteiger partial charge in [0.1, 0.15) is 0 Å². The molecule has 0 radical (unpaired) electrons. The van der Waals surface area contributed by atoms with E-state index in [4.69, 9.17) is 0 Å². The smallest absolute Gasteiger partial charge is 0.255 e. The van der Waals surface area contributed by atoms with Crippen LogP contribution in [-0.4, -0.2) is 39.1 Å². The fraction of sp³-hybridized carbons (Fsp3) is 0.200. The molecule has 1 unspecified atom stereocenters. The molecule has 6 nitrogen and oxygen atoms in total. The Morgan fingerprint density at radius 1 is 0.810 bits per heavy atom. The van der Waals surface area contributed by atoms with Crippen LogP contribution in [0.15, 0.2) is 48.6 Å². The van der Waals surface area contributed by atoms with Gasteiger partial charge >= 0.3 is 0 Å². The molecular formula is C15H12N2O4. The predicted molar refractivity (Wildman–Crippen MR) is 72.2 cm³/mol. The number of allylic oxidation sites excluding steroid dienone is 2. The number of nitrogens with zero attached hydrogens (tertiary/aromatic N) is 2. The lowest BCUT2D eigenvalue weighted by Crippen LogP contribution is -2.66. The number of imide groups is 2. The van der Waals surface area contributed by atoms with E-state index in [0.29, 0.717) is 0 Å². The molecule has 3 aliphatic rings. The highest BCUT2D eigenvalue weighted by atomic mass is 16.2. The topological polar surface area (TPSA) is 74.8 Å². The van der Waals surface area contributed by atoms with Crippen LogP contribution in [0.2, 0.25) is 0 Å². The van der Waals surface area contributed by atoms with E-state index >= 15 is 0 Å². The van der Waals surface area contributed by atoms with Crippen molar-refractivity contribution in [2.24, 2.45) is 5.92 Å². The number of hydrogen-bond acceptors (Lipinski definition) is 4. The van der Waals surface area contributed by atoms with Gasteiger partial charge in [0.25, 0.3) is 23.6 Å². The Kier molecular flexibility index (Phi) is 2.76. The van der Waals surface area contributed by atoms with Gasteiger partial charge in [0.15, 0.2) is 5.66 Å². The summed E-state index contributed by atoms with van der Waals surface area (Å²) in [6.45, 7) is 1.75. The molecule has 0 fully saturated rings. The first-order valence-electron chi connectivity index (χ1n) is 6.47. The van der Waals surface area contributed by atoms with Crippen molar-refractivity contribution in [3.8, 4) is 0 Å². The van der Waals surface area contributed by atoms with E-state index in [1.165, 1.54) is 0 Å². The van der Waals surface area contributed by atoms with Gasteiger partial charge in [-0.3, -0.25) is 19.2 Å². The van der Waals surface area contributed by atoms with Gasteiger partial charge in [-0.25, -0.2) is 9.80 Å². The molecule has 4 amide bonds. The highest BCUT2D eigenvalue weighted by Crippen LogP contribution is 2.38. The lowest BCUT2D eigenvalue weighted by Gasteiger charge is -2.47. The molecule has 0 spiro atoms. The maximum atomic E-state index is 12.1. The van der Waals surface area contributed by atoms with Crippen LogP contribution in [0.5, 0.6) is 0 Å². The third kappa shape index (κ3) is 1.65. The van der Waals surface area contributed by atoms with Gasteiger partial charge in [0.05, 0.1) is 0 Å². The Labute approximate surface area is 120 Å². The first kappa shape index (κ1) is 13.2. The van der Waals surface area contributed by atoms with Gasteiger partial charge in [0, 0.05) is 30.2 Å². The average molecular weight is 284 g/mol. The monoisotopic (exact) mass is 284 g/mol. The average Bonchev–Trinajstić information content (AvgIpc) is 2.95. The Balaban J connectivity index is 2.17. The van der Waals surface area contributed by atoms with Crippen molar-refractivity contribution in [1.82, 2.24) is 9.80 Å². The minimum absolute atomic E-state index is 0.414. The Morgan fingerprint density at radius 3 is 1.62 bits per heavy atom. The molecule has 106 valence electrons. The molecule has 6 heteroatoms. The normalized spacial score (nSPS) is 26.6. The van der Waals surface area contributed by atoms with E-state index in [1.807, 2.05) is 0 Å². The summed E-state index contributed by atoms with van der Waals surface area (Å²) in [7, 11) is 0. The lowest BCUT2D eigenvalue weighted by molar-refractivity contribution is -0.162. The zero-order chi connectivity index (χ0) is 15.2. The summed E-state index contributed by atoms with van der Waals surface area (Å²) in [6, 6.07) is 0.